The van der Waals surface area contributed by atoms with Crippen LogP contribution in [0, 0.1) is 0 Å². The van der Waals surface area contributed by atoms with Gasteiger partial charge in [0.1, 0.15) is 0 Å². The molecule has 0 aliphatic carbocycles. The summed E-state index contributed by atoms with van der Waals surface area (Å²) in [6.07, 6.45) is 1.96. The van der Waals surface area contributed by atoms with Crippen LogP contribution in [0.3, 0.4) is 0 Å². The van der Waals surface area contributed by atoms with Gasteiger partial charge < -0.3 is 10.6 Å². The van der Waals surface area contributed by atoms with E-state index in [2.05, 4.69) is 23.1 Å². The number of hydrogen-bond acceptors (Lipinski definition) is 3. The van der Waals surface area contributed by atoms with E-state index in [9.17, 15) is 4.79 Å². The van der Waals surface area contributed by atoms with E-state index in [-0.39, 0.29) is 5.91 Å². The van der Waals surface area contributed by atoms with Gasteiger partial charge in [-0.25, -0.2) is 0 Å². The van der Waals surface area contributed by atoms with Crippen LogP contribution in [0.25, 0.3) is 10.8 Å². The third-order valence-electron chi connectivity index (χ3n) is 4.67. The Morgan fingerprint density at radius 3 is 2.61 bits per heavy atom. The van der Waals surface area contributed by atoms with Crippen molar-refractivity contribution in [3.8, 4) is 0 Å². The zero-order chi connectivity index (χ0) is 16.2. The van der Waals surface area contributed by atoms with Crippen molar-refractivity contribution >= 4 is 22.4 Å². The zero-order valence-corrected chi connectivity index (χ0v) is 13.7. The molecule has 4 heteroatoms. The monoisotopic (exact) mass is 311 g/mol. The lowest BCUT2D eigenvalue weighted by molar-refractivity contribution is -0.119. The normalized spacial score (nSPS) is 16.6. The Morgan fingerprint density at radius 2 is 1.87 bits per heavy atom. The molecule has 122 valence electrons. The van der Waals surface area contributed by atoms with Gasteiger partial charge in [0.05, 0.1) is 12.2 Å². The van der Waals surface area contributed by atoms with Crippen LogP contribution in [0.2, 0.25) is 0 Å². The first-order chi connectivity index (χ1) is 11.2. The Hall–Kier alpha value is -1.91. The topological polar surface area (TPSA) is 49.6 Å². The number of benzene rings is 2. The van der Waals surface area contributed by atoms with E-state index in [1.807, 2.05) is 36.1 Å². The standard InChI is InChI=1S/C19H25N3O/c1-2-22(19(23)14-21-12-10-16(20)11-13-21)18-9-5-7-15-6-3-4-8-17(15)18/h3-9,16H,2,10-14,20H2,1H3. The fourth-order valence-electron chi connectivity index (χ4n) is 3.31. The van der Waals surface area contributed by atoms with E-state index < -0.39 is 0 Å². The first kappa shape index (κ1) is 16.0. The van der Waals surface area contributed by atoms with Crippen LogP contribution in [-0.2, 0) is 4.79 Å². The highest BCUT2D eigenvalue weighted by molar-refractivity contribution is 6.04. The van der Waals surface area contributed by atoms with Crippen LogP contribution in [-0.4, -0.2) is 43.0 Å². The highest BCUT2D eigenvalue weighted by atomic mass is 16.2. The van der Waals surface area contributed by atoms with E-state index >= 15 is 0 Å². The fraction of sp³-hybridized carbons (Fsp3) is 0.421. The molecule has 3 rings (SSSR count). The van der Waals surface area contributed by atoms with Gasteiger partial charge in [0.15, 0.2) is 0 Å². The summed E-state index contributed by atoms with van der Waals surface area (Å²) in [7, 11) is 0. The maximum absolute atomic E-state index is 12.8. The zero-order valence-electron chi connectivity index (χ0n) is 13.7. The lowest BCUT2D eigenvalue weighted by atomic mass is 10.1. The first-order valence-corrected chi connectivity index (χ1v) is 8.45. The molecule has 0 atom stereocenters. The number of likely N-dealkylation sites (N-methyl/N-ethyl adjacent to an activating group) is 1. The minimum absolute atomic E-state index is 0.166. The van der Waals surface area contributed by atoms with Gasteiger partial charge in [0, 0.05) is 31.1 Å². The average Bonchev–Trinajstić information content (AvgIpc) is 2.58. The van der Waals surface area contributed by atoms with Crippen LogP contribution >= 0.6 is 0 Å². The summed E-state index contributed by atoms with van der Waals surface area (Å²) in [6, 6.07) is 14.7. The van der Waals surface area contributed by atoms with Crippen molar-refractivity contribution in [1.29, 1.82) is 0 Å². The number of hydrogen-bond donors (Lipinski definition) is 1. The number of anilines is 1. The molecule has 0 bridgehead atoms. The van der Waals surface area contributed by atoms with Crippen molar-refractivity contribution in [1.82, 2.24) is 4.90 Å². The molecule has 1 saturated heterocycles. The van der Waals surface area contributed by atoms with Gasteiger partial charge in [0.25, 0.3) is 0 Å². The van der Waals surface area contributed by atoms with Gasteiger partial charge in [-0.15, -0.1) is 0 Å². The van der Waals surface area contributed by atoms with Crippen LogP contribution in [0.4, 0.5) is 5.69 Å². The number of fused-ring (bicyclic) bond motifs is 1. The number of nitrogens with two attached hydrogens (primary N) is 1. The van der Waals surface area contributed by atoms with Crippen molar-refractivity contribution in [2.75, 3.05) is 31.1 Å². The van der Waals surface area contributed by atoms with E-state index in [1.54, 1.807) is 0 Å². The molecule has 0 unspecified atom stereocenters. The number of carbonyl (C=O) groups excluding carboxylic acids is 1. The Bertz CT molecular complexity index is 672. The van der Waals surface area contributed by atoms with Crippen molar-refractivity contribution < 1.29 is 4.79 Å². The van der Waals surface area contributed by atoms with E-state index in [4.69, 9.17) is 5.73 Å². The number of nitrogens with zero attached hydrogens (tertiary/aromatic N) is 2. The lowest BCUT2D eigenvalue weighted by Crippen LogP contribution is -2.45. The maximum Gasteiger partial charge on any atom is 0.241 e. The minimum Gasteiger partial charge on any atom is -0.328 e. The molecule has 0 saturated carbocycles. The molecular weight excluding hydrogens is 286 g/mol. The smallest absolute Gasteiger partial charge is 0.241 e. The summed E-state index contributed by atoms with van der Waals surface area (Å²) >= 11 is 0. The number of likely N-dealkylation sites (tertiary alicyclic amines) is 1. The van der Waals surface area contributed by atoms with E-state index in [0.717, 1.165) is 37.0 Å². The third kappa shape index (κ3) is 3.54. The third-order valence-corrected chi connectivity index (χ3v) is 4.67. The number of rotatable bonds is 4. The predicted octanol–water partition coefficient (Wildman–Crippen LogP) is 2.62. The van der Waals surface area contributed by atoms with Gasteiger partial charge in [0.2, 0.25) is 5.91 Å². The molecule has 2 aromatic carbocycles. The largest absolute Gasteiger partial charge is 0.328 e. The Morgan fingerprint density at radius 1 is 1.17 bits per heavy atom. The molecule has 0 aromatic heterocycles. The molecule has 1 fully saturated rings. The second-order valence-electron chi connectivity index (χ2n) is 6.25. The molecule has 2 aromatic rings. The van der Waals surface area contributed by atoms with E-state index in [0.29, 0.717) is 19.1 Å². The molecule has 2 N–H and O–H groups in total. The van der Waals surface area contributed by atoms with Crippen LogP contribution in [0.15, 0.2) is 42.5 Å². The van der Waals surface area contributed by atoms with Crippen molar-refractivity contribution in [3.63, 3.8) is 0 Å². The summed E-state index contributed by atoms with van der Waals surface area (Å²) in [4.78, 5) is 16.9. The van der Waals surface area contributed by atoms with Crippen molar-refractivity contribution in [3.05, 3.63) is 42.5 Å². The molecule has 0 spiro atoms. The molecule has 4 nitrogen and oxygen atoms in total. The summed E-state index contributed by atoms with van der Waals surface area (Å²) < 4.78 is 0. The second-order valence-corrected chi connectivity index (χ2v) is 6.25. The summed E-state index contributed by atoms with van der Waals surface area (Å²) in [5.74, 6) is 0.166. The molecule has 1 heterocycles. The number of carbonyl (C=O) groups is 1. The molecular formula is C19H25N3O. The molecule has 1 aliphatic rings. The van der Waals surface area contributed by atoms with Crippen LogP contribution in [0.1, 0.15) is 19.8 Å². The quantitative estimate of drug-likeness (QED) is 0.944. The maximum atomic E-state index is 12.8. The van der Waals surface area contributed by atoms with Crippen molar-refractivity contribution in [2.45, 2.75) is 25.8 Å². The SMILES string of the molecule is CCN(C(=O)CN1CCC(N)CC1)c1cccc2ccccc12. The van der Waals surface area contributed by atoms with Gasteiger partial charge in [-0.3, -0.25) is 9.69 Å². The number of amides is 1. The predicted molar refractivity (Wildman–Crippen MR) is 95.6 cm³/mol. The summed E-state index contributed by atoms with van der Waals surface area (Å²) in [6.45, 7) is 5.02. The average molecular weight is 311 g/mol. The van der Waals surface area contributed by atoms with Crippen molar-refractivity contribution in [2.24, 2.45) is 5.73 Å². The lowest BCUT2D eigenvalue weighted by Gasteiger charge is -2.31. The van der Waals surface area contributed by atoms with Crippen LogP contribution in [0.5, 0.6) is 0 Å². The Balaban J connectivity index is 1.79. The molecule has 1 aliphatic heterocycles. The number of piperidine rings is 1. The minimum atomic E-state index is 0.166. The van der Waals surface area contributed by atoms with Gasteiger partial charge in [-0.05, 0) is 31.2 Å². The first-order valence-electron chi connectivity index (χ1n) is 8.45. The second kappa shape index (κ2) is 7.11. The summed E-state index contributed by atoms with van der Waals surface area (Å²) in [5, 5.41) is 2.30. The van der Waals surface area contributed by atoms with Gasteiger partial charge >= 0.3 is 0 Å². The van der Waals surface area contributed by atoms with Gasteiger partial charge in [-0.2, -0.15) is 0 Å². The van der Waals surface area contributed by atoms with Gasteiger partial charge in [-0.1, -0.05) is 36.4 Å². The molecule has 0 radical (unpaired) electrons. The highest BCUT2D eigenvalue weighted by Crippen LogP contribution is 2.27. The Labute approximate surface area is 137 Å². The van der Waals surface area contributed by atoms with Crippen LogP contribution < -0.4 is 10.6 Å². The molecule has 1 amide bonds. The van der Waals surface area contributed by atoms with E-state index in [1.165, 1.54) is 5.39 Å². The fourth-order valence-corrected chi connectivity index (χ4v) is 3.31. The highest BCUT2D eigenvalue weighted by Gasteiger charge is 2.22. The summed E-state index contributed by atoms with van der Waals surface area (Å²) in [5.41, 5.74) is 6.95. The molecule has 23 heavy (non-hydrogen) atoms. The Kier molecular flexibility index (Phi) is 4.94.